The quantitative estimate of drug-likeness (QED) is 0.738. The fraction of sp³-hybridized carbons (Fsp3) is 0.533. The molecule has 1 unspecified atom stereocenters. The number of carbonyl (C=O) groups excluding carboxylic acids is 1. The molecule has 0 radical (unpaired) electrons. The predicted molar refractivity (Wildman–Crippen MR) is 71.5 cm³/mol. The van der Waals surface area contributed by atoms with Gasteiger partial charge in [-0.2, -0.15) is 0 Å². The summed E-state index contributed by atoms with van der Waals surface area (Å²) in [6.45, 7) is 5.67. The number of rotatable bonds is 1. The summed E-state index contributed by atoms with van der Waals surface area (Å²) in [7, 11) is 0. The lowest BCUT2D eigenvalue weighted by Gasteiger charge is -2.24. The first kappa shape index (κ1) is 15.7. The Balaban J connectivity index is 2.13. The van der Waals surface area contributed by atoms with Crippen molar-refractivity contribution in [3.8, 4) is 0 Å². The van der Waals surface area contributed by atoms with Gasteiger partial charge in [-0.05, 0) is 39.3 Å². The van der Waals surface area contributed by atoms with Gasteiger partial charge in [-0.3, -0.25) is 0 Å². The van der Waals surface area contributed by atoms with Crippen molar-refractivity contribution in [1.82, 2.24) is 4.90 Å². The molecule has 0 N–H and O–H groups in total. The second-order valence-electron chi connectivity index (χ2n) is 6.17. The molecule has 116 valence electrons. The minimum absolute atomic E-state index is 0.117. The van der Waals surface area contributed by atoms with Crippen molar-refractivity contribution in [3.05, 3.63) is 35.1 Å². The van der Waals surface area contributed by atoms with Gasteiger partial charge in [0.1, 0.15) is 11.4 Å². The van der Waals surface area contributed by atoms with Crippen molar-refractivity contribution >= 4 is 6.09 Å². The van der Waals surface area contributed by atoms with E-state index >= 15 is 0 Å². The van der Waals surface area contributed by atoms with Crippen LogP contribution in [-0.2, 0) is 4.74 Å². The summed E-state index contributed by atoms with van der Waals surface area (Å²) >= 11 is 0. The van der Waals surface area contributed by atoms with Gasteiger partial charge in [-0.1, -0.05) is 0 Å². The molecule has 1 amide bonds. The van der Waals surface area contributed by atoms with Crippen LogP contribution in [0.3, 0.4) is 0 Å². The fourth-order valence-electron chi connectivity index (χ4n) is 2.41. The van der Waals surface area contributed by atoms with Crippen LogP contribution >= 0.6 is 0 Å². The number of hydrogen-bond acceptors (Lipinski definition) is 2. The Morgan fingerprint density at radius 1 is 1.24 bits per heavy atom. The number of likely N-dealkylation sites (tertiary alicyclic amines) is 1. The molecule has 1 heterocycles. The standard InChI is InChI=1S/C15H18F3NO2/c1-15(2,3)21-14(20)19-7-6-9(8-19)12-10(16)4-5-11(17)13(12)18/h4-5,9H,6-8H2,1-3H3. The molecule has 1 aliphatic heterocycles. The first-order valence-electron chi connectivity index (χ1n) is 6.80. The van der Waals surface area contributed by atoms with E-state index in [-0.39, 0.29) is 12.1 Å². The van der Waals surface area contributed by atoms with E-state index in [1.54, 1.807) is 20.8 Å². The highest BCUT2D eigenvalue weighted by Crippen LogP contribution is 2.32. The zero-order valence-electron chi connectivity index (χ0n) is 12.3. The molecule has 1 aromatic rings. The SMILES string of the molecule is CC(C)(C)OC(=O)N1CCC(c2c(F)ccc(F)c2F)C1. The molecule has 0 aromatic heterocycles. The summed E-state index contributed by atoms with van der Waals surface area (Å²) in [6, 6.07) is 1.67. The summed E-state index contributed by atoms with van der Waals surface area (Å²) in [5, 5.41) is 0. The van der Waals surface area contributed by atoms with Gasteiger partial charge in [-0.15, -0.1) is 0 Å². The first-order valence-corrected chi connectivity index (χ1v) is 6.80. The molecule has 1 fully saturated rings. The fourth-order valence-corrected chi connectivity index (χ4v) is 2.41. The van der Waals surface area contributed by atoms with Crippen molar-refractivity contribution in [2.45, 2.75) is 38.7 Å². The molecule has 0 saturated carbocycles. The third kappa shape index (κ3) is 3.49. The van der Waals surface area contributed by atoms with Gasteiger partial charge in [0, 0.05) is 24.6 Å². The number of nitrogens with zero attached hydrogens (tertiary/aromatic N) is 1. The normalized spacial score (nSPS) is 19.0. The number of amides is 1. The molecule has 1 saturated heterocycles. The van der Waals surface area contributed by atoms with Gasteiger partial charge in [0.25, 0.3) is 0 Å². The molecule has 0 spiro atoms. The minimum Gasteiger partial charge on any atom is -0.444 e. The van der Waals surface area contributed by atoms with Crippen LogP contribution < -0.4 is 0 Å². The number of benzene rings is 1. The van der Waals surface area contributed by atoms with E-state index < -0.39 is 35.1 Å². The lowest BCUT2D eigenvalue weighted by atomic mass is 9.97. The van der Waals surface area contributed by atoms with Crippen LogP contribution in [0.4, 0.5) is 18.0 Å². The highest BCUT2D eigenvalue weighted by Gasteiger charge is 2.33. The topological polar surface area (TPSA) is 29.5 Å². The van der Waals surface area contributed by atoms with Crippen LogP contribution in [0.5, 0.6) is 0 Å². The third-order valence-corrected chi connectivity index (χ3v) is 3.33. The summed E-state index contributed by atoms with van der Waals surface area (Å²) < 4.78 is 46.0. The Hall–Kier alpha value is -1.72. The monoisotopic (exact) mass is 301 g/mol. The molecule has 1 aromatic carbocycles. The summed E-state index contributed by atoms with van der Waals surface area (Å²) in [4.78, 5) is 13.3. The molecular weight excluding hydrogens is 283 g/mol. The molecule has 3 nitrogen and oxygen atoms in total. The maximum atomic E-state index is 13.8. The average molecular weight is 301 g/mol. The Morgan fingerprint density at radius 2 is 1.86 bits per heavy atom. The summed E-state index contributed by atoms with van der Waals surface area (Å²) in [5.41, 5.74) is -0.925. The van der Waals surface area contributed by atoms with Crippen LogP contribution in [0.15, 0.2) is 12.1 Å². The number of halogens is 3. The van der Waals surface area contributed by atoms with Gasteiger partial charge < -0.3 is 9.64 Å². The Kier molecular flexibility index (Phi) is 4.16. The molecule has 0 aliphatic carbocycles. The van der Waals surface area contributed by atoms with E-state index in [0.29, 0.717) is 13.0 Å². The second kappa shape index (κ2) is 5.58. The second-order valence-corrected chi connectivity index (χ2v) is 6.17. The highest BCUT2D eigenvalue weighted by atomic mass is 19.2. The molecule has 21 heavy (non-hydrogen) atoms. The van der Waals surface area contributed by atoms with E-state index in [4.69, 9.17) is 4.74 Å². The van der Waals surface area contributed by atoms with Crippen LogP contribution in [-0.4, -0.2) is 29.7 Å². The van der Waals surface area contributed by atoms with Crippen molar-refractivity contribution in [2.75, 3.05) is 13.1 Å². The molecular formula is C15H18F3NO2. The zero-order chi connectivity index (χ0) is 15.8. The molecule has 1 aliphatic rings. The van der Waals surface area contributed by atoms with Gasteiger partial charge in [0.05, 0.1) is 0 Å². The van der Waals surface area contributed by atoms with E-state index in [0.717, 1.165) is 12.1 Å². The lowest BCUT2D eigenvalue weighted by molar-refractivity contribution is 0.0292. The van der Waals surface area contributed by atoms with Gasteiger partial charge in [0.2, 0.25) is 0 Å². The summed E-state index contributed by atoms with van der Waals surface area (Å²) in [5.74, 6) is -3.61. The average Bonchev–Trinajstić information content (AvgIpc) is 2.82. The largest absolute Gasteiger partial charge is 0.444 e. The molecule has 6 heteroatoms. The van der Waals surface area contributed by atoms with Crippen molar-refractivity contribution in [1.29, 1.82) is 0 Å². The van der Waals surface area contributed by atoms with Crippen molar-refractivity contribution in [3.63, 3.8) is 0 Å². The molecule has 1 atom stereocenters. The van der Waals surface area contributed by atoms with E-state index in [9.17, 15) is 18.0 Å². The summed E-state index contributed by atoms with van der Waals surface area (Å²) in [6.07, 6.45) is -0.154. The minimum atomic E-state index is -1.17. The maximum Gasteiger partial charge on any atom is 0.410 e. The van der Waals surface area contributed by atoms with Crippen LogP contribution in [0, 0.1) is 17.5 Å². The number of hydrogen-bond donors (Lipinski definition) is 0. The Bertz CT molecular complexity index is 555. The van der Waals surface area contributed by atoms with Crippen molar-refractivity contribution in [2.24, 2.45) is 0 Å². The van der Waals surface area contributed by atoms with Crippen LogP contribution in [0.1, 0.15) is 38.7 Å². The van der Waals surface area contributed by atoms with Crippen LogP contribution in [0.2, 0.25) is 0 Å². The Labute approximate surface area is 121 Å². The van der Waals surface area contributed by atoms with Crippen molar-refractivity contribution < 1.29 is 22.7 Å². The third-order valence-electron chi connectivity index (χ3n) is 3.33. The smallest absolute Gasteiger partial charge is 0.410 e. The van der Waals surface area contributed by atoms with Gasteiger partial charge >= 0.3 is 6.09 Å². The van der Waals surface area contributed by atoms with Gasteiger partial charge in [0.15, 0.2) is 11.6 Å². The van der Waals surface area contributed by atoms with Crippen LogP contribution in [0.25, 0.3) is 0 Å². The molecule has 2 rings (SSSR count). The Morgan fingerprint density at radius 3 is 2.48 bits per heavy atom. The van der Waals surface area contributed by atoms with E-state index in [1.807, 2.05) is 0 Å². The van der Waals surface area contributed by atoms with Gasteiger partial charge in [-0.25, -0.2) is 18.0 Å². The highest BCUT2D eigenvalue weighted by molar-refractivity contribution is 5.68. The number of carbonyl (C=O) groups is 1. The number of ether oxygens (including phenoxy) is 1. The van der Waals surface area contributed by atoms with E-state index in [2.05, 4.69) is 0 Å². The zero-order valence-corrected chi connectivity index (χ0v) is 12.3. The predicted octanol–water partition coefficient (Wildman–Crippen LogP) is 3.83. The lowest BCUT2D eigenvalue weighted by Crippen LogP contribution is -2.35. The maximum absolute atomic E-state index is 13.8. The van der Waals surface area contributed by atoms with E-state index in [1.165, 1.54) is 4.90 Å². The first-order chi connectivity index (χ1) is 9.69. The molecule has 0 bridgehead atoms.